The van der Waals surface area contributed by atoms with E-state index in [1.165, 1.54) is 7.11 Å². The number of fused-ring (bicyclic) bond motifs is 1. The smallest absolute Gasteiger partial charge is 0.337 e. The van der Waals surface area contributed by atoms with E-state index >= 15 is 0 Å². The first-order valence-electron chi connectivity index (χ1n) is 8.21. The van der Waals surface area contributed by atoms with Crippen LogP contribution in [0.2, 0.25) is 0 Å². The van der Waals surface area contributed by atoms with Gasteiger partial charge >= 0.3 is 5.97 Å². The first-order chi connectivity index (χ1) is 12.1. The zero-order chi connectivity index (χ0) is 17.8. The van der Waals surface area contributed by atoms with Gasteiger partial charge in [-0.3, -0.25) is 0 Å². The minimum atomic E-state index is -0.360. The van der Waals surface area contributed by atoms with Crippen molar-refractivity contribution in [2.75, 3.05) is 30.4 Å². The Kier molecular flexibility index (Phi) is 4.83. The molecule has 0 saturated heterocycles. The predicted molar refractivity (Wildman–Crippen MR) is 97.6 cm³/mol. The monoisotopic (exact) mass is 339 g/mol. The summed E-state index contributed by atoms with van der Waals surface area (Å²) in [5.41, 5.74) is 3.17. The van der Waals surface area contributed by atoms with Gasteiger partial charge in [-0.2, -0.15) is 4.98 Å². The van der Waals surface area contributed by atoms with E-state index < -0.39 is 0 Å². The summed E-state index contributed by atoms with van der Waals surface area (Å²) < 4.78 is 6.45. The van der Waals surface area contributed by atoms with Crippen LogP contribution in [0.15, 0.2) is 42.6 Å². The lowest BCUT2D eigenvalue weighted by molar-refractivity contribution is 0.0601. The zero-order valence-corrected chi connectivity index (χ0v) is 14.6. The number of carbonyl (C=O) groups is 1. The highest BCUT2D eigenvalue weighted by Gasteiger charge is 2.08. The lowest BCUT2D eigenvalue weighted by atomic mass is 10.2. The van der Waals surface area contributed by atoms with Crippen LogP contribution in [0.5, 0.6) is 0 Å². The van der Waals surface area contributed by atoms with Gasteiger partial charge in [0.1, 0.15) is 0 Å². The summed E-state index contributed by atoms with van der Waals surface area (Å²) in [5, 5.41) is 7.61. The second-order valence-electron chi connectivity index (χ2n) is 5.49. The molecule has 0 unspecified atom stereocenters. The van der Waals surface area contributed by atoms with Crippen LogP contribution >= 0.6 is 0 Å². The maximum atomic E-state index is 11.5. The molecule has 0 amide bonds. The van der Waals surface area contributed by atoms with Gasteiger partial charge in [-0.05, 0) is 50.2 Å². The summed E-state index contributed by atoms with van der Waals surface area (Å²) in [6.07, 6.45) is 1.97. The fourth-order valence-corrected chi connectivity index (χ4v) is 2.64. The van der Waals surface area contributed by atoms with Crippen LogP contribution in [0.3, 0.4) is 0 Å². The van der Waals surface area contributed by atoms with Crippen molar-refractivity contribution in [3.8, 4) is 0 Å². The summed E-state index contributed by atoms with van der Waals surface area (Å²) in [7, 11) is 1.36. The Morgan fingerprint density at radius 2 is 1.88 bits per heavy atom. The molecule has 0 radical (unpaired) electrons. The molecule has 0 bridgehead atoms. The van der Waals surface area contributed by atoms with Crippen LogP contribution in [0.25, 0.3) is 5.65 Å². The molecule has 3 rings (SSSR count). The fourth-order valence-electron chi connectivity index (χ4n) is 2.64. The number of hydrogen-bond donors (Lipinski definition) is 1. The third-order valence-corrected chi connectivity index (χ3v) is 4.01. The van der Waals surface area contributed by atoms with E-state index in [2.05, 4.69) is 34.1 Å². The zero-order valence-electron chi connectivity index (χ0n) is 14.6. The van der Waals surface area contributed by atoms with E-state index in [-0.39, 0.29) is 5.97 Å². The van der Waals surface area contributed by atoms with Gasteiger partial charge in [0, 0.05) is 18.8 Å². The van der Waals surface area contributed by atoms with Gasteiger partial charge in [0.15, 0.2) is 5.65 Å². The molecule has 7 heteroatoms. The minimum absolute atomic E-state index is 0.360. The molecule has 2 aromatic heterocycles. The maximum Gasteiger partial charge on any atom is 0.337 e. The number of ether oxygens (including phenoxy) is 1. The standard InChI is InChI=1S/C18H21N5O2/c1-4-22(5-2)15-10-11-16-20-18(21-23(16)12-15)19-14-8-6-13(7-9-14)17(24)25-3/h6-12H,4-5H2,1-3H3,(H,19,21). The quantitative estimate of drug-likeness (QED) is 0.696. The molecular weight excluding hydrogens is 318 g/mol. The number of esters is 1. The van der Waals surface area contributed by atoms with Gasteiger partial charge in [-0.1, -0.05) is 0 Å². The van der Waals surface area contributed by atoms with Crippen LogP contribution in [0, 0.1) is 0 Å². The largest absolute Gasteiger partial charge is 0.465 e. The SMILES string of the molecule is CCN(CC)c1ccc2nc(Nc3ccc(C(=O)OC)cc3)nn2c1. The van der Waals surface area contributed by atoms with Crippen molar-refractivity contribution in [3.05, 3.63) is 48.2 Å². The van der Waals surface area contributed by atoms with Crippen LogP contribution in [-0.4, -0.2) is 40.8 Å². The number of pyridine rings is 1. The summed E-state index contributed by atoms with van der Waals surface area (Å²) in [6, 6.07) is 11.0. The second-order valence-corrected chi connectivity index (χ2v) is 5.49. The lowest BCUT2D eigenvalue weighted by Crippen LogP contribution is -2.22. The van der Waals surface area contributed by atoms with Gasteiger partial charge in [0.25, 0.3) is 0 Å². The van der Waals surface area contributed by atoms with Gasteiger partial charge in [0.05, 0.1) is 24.6 Å². The number of rotatable bonds is 6. The topological polar surface area (TPSA) is 71.8 Å². The van der Waals surface area contributed by atoms with Crippen LogP contribution in [0.4, 0.5) is 17.3 Å². The molecule has 1 aromatic carbocycles. The molecule has 130 valence electrons. The molecule has 0 aliphatic carbocycles. The number of nitrogens with one attached hydrogen (secondary N) is 1. The number of aromatic nitrogens is 3. The highest BCUT2D eigenvalue weighted by molar-refractivity contribution is 5.89. The molecular formula is C18H21N5O2. The summed E-state index contributed by atoms with van der Waals surface area (Å²) in [4.78, 5) is 18.2. The summed E-state index contributed by atoms with van der Waals surface area (Å²) in [6.45, 7) is 6.13. The number of carbonyl (C=O) groups excluding carboxylic acids is 1. The third kappa shape index (κ3) is 3.55. The van der Waals surface area contributed by atoms with Gasteiger partial charge in [0.2, 0.25) is 5.95 Å². The number of hydrogen-bond acceptors (Lipinski definition) is 6. The molecule has 3 aromatic rings. The maximum absolute atomic E-state index is 11.5. The Bertz CT molecular complexity index is 869. The normalized spacial score (nSPS) is 10.7. The van der Waals surface area contributed by atoms with Crippen LogP contribution < -0.4 is 10.2 Å². The Hall–Kier alpha value is -3.09. The van der Waals surface area contributed by atoms with E-state index in [1.807, 2.05) is 18.3 Å². The van der Waals surface area contributed by atoms with Crippen LogP contribution in [0.1, 0.15) is 24.2 Å². The average molecular weight is 339 g/mol. The number of benzene rings is 1. The van der Waals surface area contributed by atoms with Crippen molar-refractivity contribution in [2.45, 2.75) is 13.8 Å². The Balaban J connectivity index is 1.81. The molecule has 0 atom stereocenters. The van der Waals surface area contributed by atoms with Gasteiger partial charge < -0.3 is 15.0 Å². The first-order valence-corrected chi connectivity index (χ1v) is 8.21. The van der Waals surface area contributed by atoms with Gasteiger partial charge in [-0.25, -0.2) is 9.31 Å². The van der Waals surface area contributed by atoms with Gasteiger partial charge in [-0.15, -0.1) is 5.10 Å². The van der Waals surface area contributed by atoms with E-state index in [1.54, 1.807) is 28.8 Å². The highest BCUT2D eigenvalue weighted by atomic mass is 16.5. The molecule has 0 spiro atoms. The molecule has 2 heterocycles. The van der Waals surface area contributed by atoms with E-state index in [9.17, 15) is 4.79 Å². The summed E-state index contributed by atoms with van der Waals surface area (Å²) >= 11 is 0. The Morgan fingerprint density at radius 3 is 2.52 bits per heavy atom. The molecule has 25 heavy (non-hydrogen) atoms. The van der Waals surface area contributed by atoms with E-state index in [0.717, 1.165) is 30.1 Å². The van der Waals surface area contributed by atoms with Crippen molar-refractivity contribution < 1.29 is 9.53 Å². The van der Waals surface area contributed by atoms with Crippen molar-refractivity contribution in [3.63, 3.8) is 0 Å². The summed E-state index contributed by atoms with van der Waals surface area (Å²) in [5.74, 6) is 0.142. The Labute approximate surface area is 146 Å². The molecule has 7 nitrogen and oxygen atoms in total. The average Bonchev–Trinajstić information content (AvgIpc) is 3.04. The van der Waals surface area contributed by atoms with Crippen molar-refractivity contribution in [1.29, 1.82) is 0 Å². The number of nitrogens with zero attached hydrogens (tertiary/aromatic N) is 4. The van der Waals surface area contributed by atoms with Crippen molar-refractivity contribution in [1.82, 2.24) is 14.6 Å². The molecule has 0 aliphatic heterocycles. The highest BCUT2D eigenvalue weighted by Crippen LogP contribution is 2.18. The first kappa shape index (κ1) is 16.8. The lowest BCUT2D eigenvalue weighted by Gasteiger charge is -2.20. The van der Waals surface area contributed by atoms with Crippen LogP contribution in [-0.2, 0) is 4.74 Å². The molecule has 0 aliphatic rings. The number of anilines is 3. The Morgan fingerprint density at radius 1 is 1.16 bits per heavy atom. The number of methoxy groups -OCH3 is 1. The van der Waals surface area contributed by atoms with Crippen molar-refractivity contribution >= 4 is 28.9 Å². The minimum Gasteiger partial charge on any atom is -0.465 e. The third-order valence-electron chi connectivity index (χ3n) is 4.01. The second kappa shape index (κ2) is 7.21. The predicted octanol–water partition coefficient (Wildman–Crippen LogP) is 3.11. The van der Waals surface area contributed by atoms with E-state index in [0.29, 0.717) is 11.5 Å². The van der Waals surface area contributed by atoms with E-state index in [4.69, 9.17) is 4.74 Å². The molecule has 0 saturated carbocycles. The molecule has 0 fully saturated rings. The molecule has 1 N–H and O–H groups in total. The van der Waals surface area contributed by atoms with Crippen molar-refractivity contribution in [2.24, 2.45) is 0 Å². The fraction of sp³-hybridized carbons (Fsp3) is 0.278.